The van der Waals surface area contributed by atoms with E-state index in [-0.39, 0.29) is 23.3 Å². The number of carbonyl (C=O) groups is 2. The van der Waals surface area contributed by atoms with Crippen LogP contribution in [-0.4, -0.2) is 28.9 Å². The number of halogens is 2. The Morgan fingerprint density at radius 3 is 2.42 bits per heavy atom. The van der Waals surface area contributed by atoms with Gasteiger partial charge in [-0.3, -0.25) is 9.59 Å². The van der Waals surface area contributed by atoms with Gasteiger partial charge in [0.15, 0.2) is 5.78 Å². The highest BCUT2D eigenvalue weighted by Crippen LogP contribution is 2.32. The fraction of sp³-hybridized carbons (Fsp3) is 0.500. The fourth-order valence-corrected chi connectivity index (χ4v) is 4.73. The third-order valence-corrected chi connectivity index (χ3v) is 5.08. The number of ether oxygens (including phenoxy) is 1. The van der Waals surface area contributed by atoms with Crippen LogP contribution in [0.15, 0.2) is 13.6 Å². The molecule has 0 saturated heterocycles. The molecule has 0 unspecified atom stereocenters. The lowest BCUT2D eigenvalue weighted by atomic mass is 10.2. The lowest BCUT2D eigenvalue weighted by Crippen LogP contribution is -2.25. The molecule has 0 spiro atoms. The van der Waals surface area contributed by atoms with Crippen molar-refractivity contribution >= 4 is 66.7 Å². The molecular formula is C12H14Br2O3S2. The molecule has 0 aliphatic rings. The average molecular weight is 430 g/mol. The van der Waals surface area contributed by atoms with Crippen LogP contribution >= 0.6 is 55.0 Å². The van der Waals surface area contributed by atoms with E-state index in [9.17, 15) is 9.59 Å². The van der Waals surface area contributed by atoms with Crippen LogP contribution in [0, 0.1) is 0 Å². The van der Waals surface area contributed by atoms with Gasteiger partial charge < -0.3 is 4.74 Å². The smallest absolute Gasteiger partial charge is 0.316 e. The zero-order valence-corrected chi connectivity index (χ0v) is 15.6. The van der Waals surface area contributed by atoms with E-state index < -0.39 is 5.60 Å². The number of thiophene rings is 1. The summed E-state index contributed by atoms with van der Waals surface area (Å²) in [6.07, 6.45) is 0. The minimum atomic E-state index is -0.483. The summed E-state index contributed by atoms with van der Waals surface area (Å²) >= 11 is 9.40. The second-order valence-corrected chi connectivity index (χ2v) is 9.48. The van der Waals surface area contributed by atoms with Crippen molar-refractivity contribution in [2.75, 3.05) is 11.5 Å². The molecule has 0 saturated carbocycles. The summed E-state index contributed by atoms with van der Waals surface area (Å²) in [7, 11) is 0. The van der Waals surface area contributed by atoms with Crippen molar-refractivity contribution in [1.29, 1.82) is 0 Å². The number of hydrogen-bond donors (Lipinski definition) is 0. The second kappa shape index (κ2) is 7.24. The molecule has 7 heteroatoms. The normalized spacial score (nSPS) is 11.4. The predicted molar refractivity (Wildman–Crippen MR) is 87.2 cm³/mol. The molecule has 0 radical (unpaired) electrons. The topological polar surface area (TPSA) is 43.4 Å². The van der Waals surface area contributed by atoms with E-state index in [2.05, 4.69) is 31.9 Å². The Bertz CT molecular complexity index is 478. The maximum absolute atomic E-state index is 11.9. The van der Waals surface area contributed by atoms with Crippen LogP contribution in [0.2, 0.25) is 0 Å². The van der Waals surface area contributed by atoms with Gasteiger partial charge >= 0.3 is 5.97 Å². The van der Waals surface area contributed by atoms with E-state index in [1.807, 2.05) is 20.8 Å². The zero-order chi connectivity index (χ0) is 14.6. The predicted octanol–water partition coefficient (Wildman–Crippen LogP) is 4.53. The van der Waals surface area contributed by atoms with Gasteiger partial charge in [0.05, 0.1) is 19.1 Å². The Morgan fingerprint density at radius 2 is 1.95 bits per heavy atom. The Hall–Kier alpha value is 0.150. The molecule has 0 aliphatic carbocycles. The SMILES string of the molecule is CC(C)(C)OC(=O)CSCC(=O)c1cc(Br)sc1Br. The van der Waals surface area contributed by atoms with E-state index in [4.69, 9.17) is 4.74 Å². The lowest BCUT2D eigenvalue weighted by Gasteiger charge is -2.19. The van der Waals surface area contributed by atoms with Crippen LogP contribution < -0.4 is 0 Å². The first-order valence-corrected chi connectivity index (χ1v) is 9.02. The summed E-state index contributed by atoms with van der Waals surface area (Å²) in [6, 6.07) is 1.78. The Labute approximate surface area is 137 Å². The maximum atomic E-state index is 11.9. The highest BCUT2D eigenvalue weighted by atomic mass is 79.9. The largest absolute Gasteiger partial charge is 0.459 e. The number of ketones is 1. The molecule has 1 rings (SSSR count). The average Bonchev–Trinajstić information content (AvgIpc) is 2.55. The van der Waals surface area contributed by atoms with E-state index in [1.54, 1.807) is 6.07 Å². The summed E-state index contributed by atoms with van der Waals surface area (Å²) in [5.41, 5.74) is 0.164. The number of carbonyl (C=O) groups excluding carboxylic acids is 2. The van der Waals surface area contributed by atoms with Gasteiger partial charge in [-0.25, -0.2) is 0 Å². The van der Waals surface area contributed by atoms with E-state index in [1.165, 1.54) is 23.1 Å². The van der Waals surface area contributed by atoms with Crippen LogP contribution in [0.25, 0.3) is 0 Å². The number of Topliss-reactive ketones (excluding diaryl/α,β-unsaturated/α-hetero) is 1. The van der Waals surface area contributed by atoms with Crippen molar-refractivity contribution in [1.82, 2.24) is 0 Å². The molecule has 0 atom stereocenters. The third-order valence-electron chi connectivity index (χ3n) is 1.83. The summed E-state index contributed by atoms with van der Waals surface area (Å²) in [5.74, 6) is 0.158. The molecule has 0 amide bonds. The van der Waals surface area contributed by atoms with E-state index in [0.717, 1.165) is 7.57 Å². The maximum Gasteiger partial charge on any atom is 0.316 e. The van der Waals surface area contributed by atoms with Crippen molar-refractivity contribution in [3.63, 3.8) is 0 Å². The van der Waals surface area contributed by atoms with Crippen molar-refractivity contribution in [2.45, 2.75) is 26.4 Å². The molecule has 106 valence electrons. The molecule has 3 nitrogen and oxygen atoms in total. The van der Waals surface area contributed by atoms with Crippen molar-refractivity contribution in [3.05, 3.63) is 19.2 Å². The van der Waals surface area contributed by atoms with Gasteiger partial charge in [-0.05, 0) is 58.7 Å². The first kappa shape index (κ1) is 17.2. The van der Waals surface area contributed by atoms with Crippen LogP contribution in [0.4, 0.5) is 0 Å². The molecule has 19 heavy (non-hydrogen) atoms. The molecule has 1 aromatic heterocycles. The van der Waals surface area contributed by atoms with Gasteiger partial charge in [0.1, 0.15) is 5.60 Å². The van der Waals surface area contributed by atoms with Gasteiger partial charge in [0.25, 0.3) is 0 Å². The van der Waals surface area contributed by atoms with Crippen LogP contribution in [0.5, 0.6) is 0 Å². The van der Waals surface area contributed by atoms with Crippen LogP contribution in [0.1, 0.15) is 31.1 Å². The van der Waals surface area contributed by atoms with Gasteiger partial charge in [-0.1, -0.05) is 0 Å². The summed E-state index contributed by atoms with van der Waals surface area (Å²) in [6.45, 7) is 5.46. The Morgan fingerprint density at radius 1 is 1.32 bits per heavy atom. The Kier molecular flexibility index (Phi) is 6.56. The van der Waals surface area contributed by atoms with Crippen molar-refractivity contribution in [2.24, 2.45) is 0 Å². The highest BCUT2D eigenvalue weighted by molar-refractivity contribution is 9.12. The number of esters is 1. The quantitative estimate of drug-likeness (QED) is 0.509. The third kappa shape index (κ3) is 6.42. The van der Waals surface area contributed by atoms with Crippen LogP contribution in [0.3, 0.4) is 0 Å². The fourth-order valence-electron chi connectivity index (χ4n) is 1.21. The molecule has 0 aliphatic heterocycles. The highest BCUT2D eigenvalue weighted by Gasteiger charge is 2.18. The molecule has 0 fully saturated rings. The molecule has 1 heterocycles. The number of thioether (sulfide) groups is 1. The minimum absolute atomic E-state index is 0.00221. The minimum Gasteiger partial charge on any atom is -0.459 e. The first-order valence-electron chi connectivity index (χ1n) is 5.46. The molecular weight excluding hydrogens is 416 g/mol. The second-order valence-electron chi connectivity index (χ2n) is 4.74. The molecule has 0 N–H and O–H groups in total. The monoisotopic (exact) mass is 428 g/mol. The molecule has 1 aromatic rings. The number of hydrogen-bond acceptors (Lipinski definition) is 5. The van der Waals surface area contributed by atoms with Gasteiger partial charge in [0.2, 0.25) is 0 Å². The van der Waals surface area contributed by atoms with Gasteiger partial charge in [0, 0.05) is 5.56 Å². The van der Waals surface area contributed by atoms with Crippen molar-refractivity contribution in [3.8, 4) is 0 Å². The van der Waals surface area contributed by atoms with Gasteiger partial charge in [-0.2, -0.15) is 0 Å². The molecule has 0 bridgehead atoms. The lowest BCUT2D eigenvalue weighted by molar-refractivity contribution is -0.151. The standard InChI is InChI=1S/C12H14Br2O3S2/c1-12(2,3)17-10(16)6-18-5-8(15)7-4-9(13)19-11(7)14/h4H,5-6H2,1-3H3. The molecule has 0 aromatic carbocycles. The summed E-state index contributed by atoms with van der Waals surface area (Å²) < 4.78 is 6.88. The zero-order valence-electron chi connectivity index (χ0n) is 10.8. The van der Waals surface area contributed by atoms with Crippen molar-refractivity contribution < 1.29 is 14.3 Å². The van der Waals surface area contributed by atoms with E-state index in [0.29, 0.717) is 5.56 Å². The first-order chi connectivity index (χ1) is 8.69. The van der Waals surface area contributed by atoms with E-state index >= 15 is 0 Å². The Balaban J connectivity index is 2.40. The summed E-state index contributed by atoms with van der Waals surface area (Å²) in [5, 5.41) is 0. The van der Waals surface area contributed by atoms with Gasteiger partial charge in [-0.15, -0.1) is 23.1 Å². The number of rotatable bonds is 5. The summed E-state index contributed by atoms with van der Waals surface area (Å²) in [4.78, 5) is 23.4. The van der Waals surface area contributed by atoms with Crippen LogP contribution in [-0.2, 0) is 9.53 Å².